The maximum Gasteiger partial charge on any atom is 0.251 e. The van der Waals surface area contributed by atoms with Gasteiger partial charge >= 0.3 is 0 Å². The summed E-state index contributed by atoms with van der Waals surface area (Å²) in [5.74, 6) is 1.02. The van der Waals surface area contributed by atoms with Crippen molar-refractivity contribution in [3.05, 3.63) is 40.8 Å². The Labute approximate surface area is 174 Å². The van der Waals surface area contributed by atoms with Crippen LogP contribution in [-0.2, 0) is 4.79 Å². The molecule has 0 spiro atoms. The Bertz CT molecular complexity index is 1050. The van der Waals surface area contributed by atoms with Gasteiger partial charge in [-0.25, -0.2) is 4.98 Å². The van der Waals surface area contributed by atoms with Crippen LogP contribution < -0.4 is 20.3 Å². The van der Waals surface area contributed by atoms with Gasteiger partial charge in [-0.15, -0.1) is 10.2 Å². The number of hydrogen-bond donors (Lipinski definition) is 2. The summed E-state index contributed by atoms with van der Waals surface area (Å²) in [6.45, 7) is 1.88. The van der Waals surface area contributed by atoms with Gasteiger partial charge in [0.25, 0.3) is 5.56 Å². The lowest BCUT2D eigenvalue weighted by molar-refractivity contribution is -0.115. The molecule has 9 nitrogen and oxygen atoms in total. The number of aromatic amines is 1. The van der Waals surface area contributed by atoms with Crippen LogP contribution in [0.3, 0.4) is 0 Å². The normalized spacial score (nSPS) is 11.7. The van der Waals surface area contributed by atoms with Crippen LogP contribution in [0.4, 0.5) is 5.13 Å². The van der Waals surface area contributed by atoms with Gasteiger partial charge in [-0.2, -0.15) is 0 Å². The molecule has 0 bridgehead atoms. The van der Waals surface area contributed by atoms with E-state index in [9.17, 15) is 9.59 Å². The monoisotopic (exact) mass is 433 g/mol. The summed E-state index contributed by atoms with van der Waals surface area (Å²) in [5, 5.41) is 11.9. The number of nitrogens with zero attached hydrogens (tertiary/aromatic N) is 3. The van der Waals surface area contributed by atoms with E-state index in [4.69, 9.17) is 9.47 Å². The average Bonchev–Trinajstić information content (AvgIpc) is 3.19. The van der Waals surface area contributed by atoms with Crippen LogP contribution in [0.5, 0.6) is 11.5 Å². The summed E-state index contributed by atoms with van der Waals surface area (Å²) < 4.78 is 10.6. The van der Waals surface area contributed by atoms with Crippen LogP contribution in [0.25, 0.3) is 10.6 Å². The predicted octanol–water partition coefficient (Wildman–Crippen LogP) is 2.82. The minimum absolute atomic E-state index is 0.242. The lowest BCUT2D eigenvalue weighted by Gasteiger charge is -2.12. The highest BCUT2D eigenvalue weighted by molar-refractivity contribution is 8.00. The first-order chi connectivity index (χ1) is 14.0. The van der Waals surface area contributed by atoms with E-state index in [1.54, 1.807) is 26.4 Å². The van der Waals surface area contributed by atoms with Crippen LogP contribution in [0.1, 0.15) is 13.3 Å². The van der Waals surface area contributed by atoms with E-state index >= 15 is 0 Å². The minimum atomic E-state index is -0.441. The fraction of sp³-hybridized carbons (Fsp3) is 0.278. The highest BCUT2D eigenvalue weighted by Crippen LogP contribution is 2.36. The Morgan fingerprint density at radius 3 is 2.79 bits per heavy atom. The second kappa shape index (κ2) is 9.52. The van der Waals surface area contributed by atoms with E-state index in [2.05, 4.69) is 25.5 Å². The molecular weight excluding hydrogens is 414 g/mol. The van der Waals surface area contributed by atoms with E-state index in [1.807, 2.05) is 13.0 Å². The molecule has 11 heteroatoms. The van der Waals surface area contributed by atoms with Crippen LogP contribution in [0.2, 0.25) is 0 Å². The number of hydrogen-bond acceptors (Lipinski definition) is 9. The number of benzene rings is 1. The highest BCUT2D eigenvalue weighted by Gasteiger charge is 2.21. The number of anilines is 1. The van der Waals surface area contributed by atoms with E-state index in [-0.39, 0.29) is 11.5 Å². The maximum absolute atomic E-state index is 12.6. The number of nitrogens with one attached hydrogen (secondary N) is 2. The summed E-state index contributed by atoms with van der Waals surface area (Å²) in [6.07, 6.45) is 1.96. The molecule has 0 saturated carbocycles. The second-order valence-electron chi connectivity index (χ2n) is 5.72. The van der Waals surface area contributed by atoms with Gasteiger partial charge in [0.15, 0.2) is 10.2 Å². The van der Waals surface area contributed by atoms with Crippen LogP contribution in [-0.4, -0.2) is 45.5 Å². The van der Waals surface area contributed by atoms with Crippen molar-refractivity contribution in [3.63, 3.8) is 0 Å². The van der Waals surface area contributed by atoms with Crippen molar-refractivity contribution in [2.24, 2.45) is 0 Å². The smallest absolute Gasteiger partial charge is 0.251 e. The van der Waals surface area contributed by atoms with E-state index in [0.29, 0.717) is 33.2 Å². The zero-order valence-electron chi connectivity index (χ0n) is 16.0. The summed E-state index contributed by atoms with van der Waals surface area (Å²) in [7, 11) is 3.14. The van der Waals surface area contributed by atoms with E-state index in [1.165, 1.54) is 35.4 Å². The number of thioether (sulfide) groups is 1. The molecule has 2 N–H and O–H groups in total. The minimum Gasteiger partial charge on any atom is -0.497 e. The molecule has 29 heavy (non-hydrogen) atoms. The van der Waals surface area contributed by atoms with Crippen molar-refractivity contribution in [2.75, 3.05) is 19.5 Å². The number of rotatable bonds is 8. The number of methoxy groups -OCH3 is 2. The summed E-state index contributed by atoms with van der Waals surface area (Å²) in [5.41, 5.74) is 0.485. The SMILES string of the molecule is CCC(Sc1nccc(=O)[nH]1)C(=O)Nc1nnc(-c2ccc(OC)cc2OC)s1. The molecular formula is C18H19N5O4S2. The fourth-order valence-electron chi connectivity index (χ4n) is 2.41. The molecule has 0 fully saturated rings. The lowest BCUT2D eigenvalue weighted by Crippen LogP contribution is -2.25. The van der Waals surface area contributed by atoms with Crippen molar-refractivity contribution in [1.82, 2.24) is 20.2 Å². The Morgan fingerprint density at radius 1 is 1.28 bits per heavy atom. The third-order valence-corrected chi connectivity index (χ3v) is 5.99. The number of H-pyrrole nitrogens is 1. The van der Waals surface area contributed by atoms with E-state index in [0.717, 1.165) is 5.56 Å². The summed E-state index contributed by atoms with van der Waals surface area (Å²) >= 11 is 2.42. The Hall–Kier alpha value is -2.92. The van der Waals surface area contributed by atoms with Crippen LogP contribution in [0, 0.1) is 0 Å². The third-order valence-electron chi connectivity index (χ3n) is 3.86. The molecule has 0 aliphatic heterocycles. The van der Waals surface area contributed by atoms with Crippen molar-refractivity contribution in [3.8, 4) is 22.1 Å². The van der Waals surface area contributed by atoms with Crippen molar-refractivity contribution in [1.29, 1.82) is 0 Å². The molecule has 1 unspecified atom stereocenters. The average molecular weight is 434 g/mol. The van der Waals surface area contributed by atoms with Gasteiger partial charge in [0.2, 0.25) is 11.0 Å². The summed E-state index contributed by atoms with van der Waals surface area (Å²) in [6, 6.07) is 6.70. The second-order valence-corrected chi connectivity index (χ2v) is 7.89. The molecule has 1 aromatic carbocycles. The molecule has 2 aromatic heterocycles. The van der Waals surface area contributed by atoms with Crippen molar-refractivity contribution < 1.29 is 14.3 Å². The Morgan fingerprint density at radius 2 is 2.10 bits per heavy atom. The molecule has 1 atom stereocenters. The van der Waals surface area contributed by atoms with Gasteiger partial charge in [-0.05, 0) is 18.6 Å². The maximum atomic E-state index is 12.6. The molecule has 0 saturated heterocycles. The van der Waals surface area contributed by atoms with Crippen LogP contribution in [0.15, 0.2) is 40.4 Å². The van der Waals surface area contributed by atoms with Gasteiger partial charge in [-0.1, -0.05) is 30.0 Å². The third kappa shape index (κ3) is 5.12. The molecule has 0 aliphatic carbocycles. The molecule has 2 heterocycles. The summed E-state index contributed by atoms with van der Waals surface area (Å²) in [4.78, 5) is 30.7. The molecule has 152 valence electrons. The number of carbonyl (C=O) groups is 1. The van der Waals surface area contributed by atoms with Gasteiger partial charge in [-0.3, -0.25) is 14.9 Å². The van der Waals surface area contributed by atoms with Gasteiger partial charge in [0.05, 0.1) is 25.0 Å². The first kappa shape index (κ1) is 20.8. The molecule has 3 rings (SSSR count). The first-order valence-corrected chi connectivity index (χ1v) is 10.3. The zero-order chi connectivity index (χ0) is 20.8. The molecule has 3 aromatic rings. The van der Waals surface area contributed by atoms with Gasteiger partial charge in [0, 0.05) is 18.3 Å². The zero-order valence-corrected chi connectivity index (χ0v) is 17.6. The number of amides is 1. The van der Waals surface area contributed by atoms with Crippen molar-refractivity contribution >= 4 is 34.1 Å². The van der Waals surface area contributed by atoms with Gasteiger partial charge < -0.3 is 14.5 Å². The first-order valence-electron chi connectivity index (χ1n) is 8.62. The predicted molar refractivity (Wildman–Crippen MR) is 112 cm³/mol. The topological polar surface area (TPSA) is 119 Å². The fourth-order valence-corrected chi connectivity index (χ4v) is 4.07. The number of aromatic nitrogens is 4. The number of ether oxygens (including phenoxy) is 2. The standard InChI is InChI=1S/C18H19N5O4S2/c1-4-13(28-17-19-8-7-14(24)20-17)15(25)21-18-23-22-16(29-18)11-6-5-10(26-2)9-12(11)27-3/h5-9,13H,4H2,1-3H3,(H,19,20,24)(H,21,23,25). The lowest BCUT2D eigenvalue weighted by atomic mass is 10.2. The largest absolute Gasteiger partial charge is 0.497 e. The van der Waals surface area contributed by atoms with E-state index < -0.39 is 5.25 Å². The Balaban J connectivity index is 1.73. The quantitative estimate of drug-likeness (QED) is 0.411. The number of carbonyl (C=O) groups excluding carboxylic acids is 1. The van der Waals surface area contributed by atoms with Crippen molar-refractivity contribution in [2.45, 2.75) is 23.8 Å². The Kier molecular flexibility index (Phi) is 6.83. The molecule has 1 amide bonds. The van der Waals surface area contributed by atoms with Gasteiger partial charge in [0.1, 0.15) is 11.5 Å². The van der Waals surface area contributed by atoms with Crippen LogP contribution >= 0.6 is 23.1 Å². The molecule has 0 aliphatic rings. The molecule has 0 radical (unpaired) electrons. The highest BCUT2D eigenvalue weighted by atomic mass is 32.2.